The summed E-state index contributed by atoms with van der Waals surface area (Å²) in [7, 11) is -3.00. The van der Waals surface area contributed by atoms with E-state index in [9.17, 15) is 8.42 Å². The molecule has 0 aliphatic carbocycles. The Labute approximate surface area is 154 Å². The summed E-state index contributed by atoms with van der Waals surface area (Å²) in [6.45, 7) is 1.67. The zero-order chi connectivity index (χ0) is 18.6. The molecule has 1 aliphatic heterocycles. The van der Waals surface area contributed by atoms with E-state index in [1.165, 1.54) is 11.8 Å². The van der Waals surface area contributed by atoms with Gasteiger partial charge in [0, 0.05) is 11.8 Å². The second-order valence-electron chi connectivity index (χ2n) is 6.39. The molecule has 0 amide bonds. The van der Waals surface area contributed by atoms with Crippen molar-refractivity contribution in [1.82, 2.24) is 5.01 Å². The molecule has 6 nitrogen and oxygen atoms in total. The molecule has 0 saturated heterocycles. The van der Waals surface area contributed by atoms with E-state index >= 15 is 0 Å². The van der Waals surface area contributed by atoms with Crippen molar-refractivity contribution < 1.29 is 13.2 Å². The van der Waals surface area contributed by atoms with E-state index in [4.69, 9.17) is 10.6 Å². The number of ether oxygens (including phenoxy) is 1. The van der Waals surface area contributed by atoms with Crippen molar-refractivity contribution in [3.05, 3.63) is 65.2 Å². The SMILES string of the molecule is CS(=O)(=O)CCOc1ccc(Cc2ccc(C3=NCCN3N)cc2)cc1. The van der Waals surface area contributed by atoms with Gasteiger partial charge in [-0.2, -0.15) is 0 Å². The molecule has 0 unspecified atom stereocenters. The van der Waals surface area contributed by atoms with Gasteiger partial charge >= 0.3 is 0 Å². The lowest BCUT2D eigenvalue weighted by Crippen LogP contribution is -2.34. The summed E-state index contributed by atoms with van der Waals surface area (Å²) in [6, 6.07) is 16.0. The lowest BCUT2D eigenvalue weighted by molar-refractivity contribution is 0.341. The number of nitrogens with zero attached hydrogens (tertiary/aromatic N) is 2. The number of hydrazine groups is 1. The van der Waals surface area contributed by atoms with Gasteiger partial charge in [-0.3, -0.25) is 10.0 Å². The van der Waals surface area contributed by atoms with Gasteiger partial charge in [0.1, 0.15) is 18.2 Å². The monoisotopic (exact) mass is 373 g/mol. The van der Waals surface area contributed by atoms with Crippen LogP contribution in [-0.2, 0) is 16.3 Å². The molecular weight excluding hydrogens is 350 g/mol. The first kappa shape index (κ1) is 18.4. The fourth-order valence-corrected chi connectivity index (χ4v) is 3.13. The normalized spacial score (nSPS) is 14.4. The second kappa shape index (κ2) is 7.88. The molecule has 1 heterocycles. The number of sulfone groups is 1. The highest BCUT2D eigenvalue weighted by atomic mass is 32.2. The Morgan fingerprint density at radius 1 is 1.08 bits per heavy atom. The van der Waals surface area contributed by atoms with Crippen LogP contribution in [0.4, 0.5) is 0 Å². The molecular formula is C19H23N3O3S. The second-order valence-corrected chi connectivity index (χ2v) is 8.65. The number of hydrogen-bond acceptors (Lipinski definition) is 6. The van der Waals surface area contributed by atoms with E-state index in [2.05, 4.69) is 17.1 Å². The third-order valence-electron chi connectivity index (χ3n) is 4.14. The number of aliphatic imine (C=N–C) groups is 1. The predicted molar refractivity (Wildman–Crippen MR) is 103 cm³/mol. The summed E-state index contributed by atoms with van der Waals surface area (Å²) in [6.07, 6.45) is 2.01. The predicted octanol–water partition coefficient (Wildman–Crippen LogP) is 1.64. The molecule has 2 aromatic carbocycles. The fourth-order valence-electron chi connectivity index (χ4n) is 2.74. The van der Waals surface area contributed by atoms with Crippen LogP contribution in [0, 0.1) is 0 Å². The van der Waals surface area contributed by atoms with E-state index in [0.29, 0.717) is 5.75 Å². The molecule has 0 spiro atoms. The van der Waals surface area contributed by atoms with Crippen LogP contribution in [0.5, 0.6) is 5.75 Å². The average Bonchev–Trinajstić information content (AvgIpc) is 3.02. The van der Waals surface area contributed by atoms with Crippen molar-refractivity contribution in [3.63, 3.8) is 0 Å². The quantitative estimate of drug-likeness (QED) is 0.746. The Hall–Kier alpha value is -2.38. The molecule has 7 heteroatoms. The van der Waals surface area contributed by atoms with Crippen molar-refractivity contribution in [1.29, 1.82) is 0 Å². The van der Waals surface area contributed by atoms with Crippen LogP contribution >= 0.6 is 0 Å². The Bertz CT molecular complexity index is 875. The van der Waals surface area contributed by atoms with Crippen LogP contribution in [0.2, 0.25) is 0 Å². The summed E-state index contributed by atoms with van der Waals surface area (Å²) in [5, 5.41) is 1.68. The molecule has 0 fully saturated rings. The van der Waals surface area contributed by atoms with Crippen molar-refractivity contribution in [3.8, 4) is 5.75 Å². The van der Waals surface area contributed by atoms with Gasteiger partial charge in [-0.1, -0.05) is 36.4 Å². The molecule has 26 heavy (non-hydrogen) atoms. The summed E-state index contributed by atoms with van der Waals surface area (Å²) >= 11 is 0. The van der Waals surface area contributed by atoms with Gasteiger partial charge in [-0.05, 0) is 29.7 Å². The molecule has 2 N–H and O–H groups in total. The molecule has 1 aliphatic rings. The van der Waals surface area contributed by atoms with Gasteiger partial charge < -0.3 is 4.74 Å². The fraction of sp³-hybridized carbons (Fsp3) is 0.316. The van der Waals surface area contributed by atoms with Crippen LogP contribution in [0.3, 0.4) is 0 Å². The molecule has 0 aromatic heterocycles. The zero-order valence-corrected chi connectivity index (χ0v) is 15.6. The van der Waals surface area contributed by atoms with E-state index in [0.717, 1.165) is 36.5 Å². The number of benzene rings is 2. The van der Waals surface area contributed by atoms with Crippen LogP contribution in [0.25, 0.3) is 0 Å². The molecule has 3 rings (SSSR count). The summed E-state index contributed by atoms with van der Waals surface area (Å²) in [4.78, 5) is 4.42. The first-order chi connectivity index (χ1) is 12.4. The van der Waals surface area contributed by atoms with Crippen LogP contribution < -0.4 is 10.6 Å². The first-order valence-corrected chi connectivity index (χ1v) is 10.5. The molecule has 0 bridgehead atoms. The summed E-state index contributed by atoms with van der Waals surface area (Å²) < 4.78 is 27.7. The smallest absolute Gasteiger partial charge is 0.150 e. The molecule has 138 valence electrons. The van der Waals surface area contributed by atoms with Gasteiger partial charge in [0.2, 0.25) is 0 Å². The number of hydrogen-bond donors (Lipinski definition) is 1. The number of amidine groups is 1. The summed E-state index contributed by atoms with van der Waals surface area (Å²) in [5.74, 6) is 7.44. The highest BCUT2D eigenvalue weighted by Gasteiger charge is 2.14. The first-order valence-electron chi connectivity index (χ1n) is 8.46. The minimum atomic E-state index is -3.00. The van der Waals surface area contributed by atoms with Gasteiger partial charge in [0.25, 0.3) is 0 Å². The largest absolute Gasteiger partial charge is 0.493 e. The van der Waals surface area contributed by atoms with Crippen molar-refractivity contribution >= 4 is 15.7 Å². The Kier molecular flexibility index (Phi) is 5.58. The Morgan fingerprint density at radius 3 is 2.23 bits per heavy atom. The van der Waals surface area contributed by atoms with Crippen molar-refractivity contribution in [2.75, 3.05) is 31.7 Å². The Balaban J connectivity index is 1.57. The van der Waals surface area contributed by atoms with Gasteiger partial charge in [-0.15, -0.1) is 0 Å². The van der Waals surface area contributed by atoms with Crippen molar-refractivity contribution in [2.45, 2.75) is 6.42 Å². The number of rotatable bonds is 7. The average molecular weight is 373 g/mol. The number of nitrogens with two attached hydrogens (primary N) is 1. The minimum absolute atomic E-state index is 0.0205. The maximum Gasteiger partial charge on any atom is 0.150 e. The van der Waals surface area contributed by atoms with Gasteiger partial charge in [-0.25, -0.2) is 14.3 Å². The molecule has 2 aromatic rings. The highest BCUT2D eigenvalue weighted by Crippen LogP contribution is 2.17. The lowest BCUT2D eigenvalue weighted by Gasteiger charge is -2.13. The van der Waals surface area contributed by atoms with Gasteiger partial charge in [0.05, 0.1) is 18.8 Å². The minimum Gasteiger partial charge on any atom is -0.493 e. The third-order valence-corrected chi connectivity index (χ3v) is 5.05. The molecule has 0 atom stereocenters. The zero-order valence-electron chi connectivity index (χ0n) is 14.8. The maximum absolute atomic E-state index is 11.1. The standard InChI is InChI=1S/C19H23N3O3S/c1-26(23,24)13-12-25-18-8-4-16(5-9-18)14-15-2-6-17(7-3-15)19-21-10-11-22(19)20/h2-9H,10-14,20H2,1H3. The van der Waals surface area contributed by atoms with Crippen LogP contribution in [-0.4, -0.2) is 51.0 Å². The van der Waals surface area contributed by atoms with E-state index < -0.39 is 9.84 Å². The third kappa shape index (κ3) is 5.06. The van der Waals surface area contributed by atoms with E-state index in [1.54, 1.807) is 5.01 Å². The highest BCUT2D eigenvalue weighted by molar-refractivity contribution is 7.90. The topological polar surface area (TPSA) is 85.0 Å². The van der Waals surface area contributed by atoms with Crippen LogP contribution in [0.15, 0.2) is 53.5 Å². The van der Waals surface area contributed by atoms with E-state index in [-0.39, 0.29) is 12.4 Å². The molecule has 0 radical (unpaired) electrons. The lowest BCUT2D eigenvalue weighted by atomic mass is 10.0. The summed E-state index contributed by atoms with van der Waals surface area (Å²) in [5.41, 5.74) is 3.39. The molecule has 0 saturated carbocycles. The van der Waals surface area contributed by atoms with Gasteiger partial charge in [0.15, 0.2) is 9.84 Å². The Morgan fingerprint density at radius 2 is 1.69 bits per heavy atom. The van der Waals surface area contributed by atoms with Crippen LogP contribution in [0.1, 0.15) is 16.7 Å². The van der Waals surface area contributed by atoms with E-state index in [1.807, 2.05) is 36.4 Å². The maximum atomic E-state index is 11.1. The van der Waals surface area contributed by atoms with Crippen molar-refractivity contribution in [2.24, 2.45) is 10.8 Å².